The van der Waals surface area contributed by atoms with Crippen molar-refractivity contribution >= 4 is 11.8 Å². The first kappa shape index (κ1) is 15.7. The molecule has 1 aromatic rings. The van der Waals surface area contributed by atoms with Crippen molar-refractivity contribution < 1.29 is 19.1 Å². The van der Waals surface area contributed by atoms with Gasteiger partial charge in [-0.05, 0) is 31.5 Å². The molecule has 5 nitrogen and oxygen atoms in total. The van der Waals surface area contributed by atoms with Crippen molar-refractivity contribution in [2.45, 2.75) is 19.8 Å². The van der Waals surface area contributed by atoms with Crippen molar-refractivity contribution in [1.29, 1.82) is 5.26 Å². The Balaban J connectivity index is 3.10. The summed E-state index contributed by atoms with van der Waals surface area (Å²) in [6, 6.07) is 8.72. The van der Waals surface area contributed by atoms with Gasteiger partial charge in [-0.25, -0.2) is 0 Å². The molecule has 0 saturated heterocycles. The molecule has 0 bridgehead atoms. The van der Waals surface area contributed by atoms with E-state index in [0.29, 0.717) is 11.3 Å². The van der Waals surface area contributed by atoms with Gasteiger partial charge >= 0.3 is 5.97 Å². The van der Waals surface area contributed by atoms with Crippen LogP contribution in [0.4, 0.5) is 0 Å². The first-order valence-corrected chi connectivity index (χ1v) is 6.25. The summed E-state index contributed by atoms with van der Waals surface area (Å²) < 4.78 is 9.91. The van der Waals surface area contributed by atoms with E-state index in [1.165, 1.54) is 14.0 Å². The number of ether oxygens (including phenoxy) is 2. The number of esters is 1. The van der Waals surface area contributed by atoms with Crippen LogP contribution in [0.2, 0.25) is 0 Å². The molecule has 0 aliphatic heterocycles. The molecule has 0 aromatic heterocycles. The minimum Gasteiger partial charge on any atom is -0.497 e. The van der Waals surface area contributed by atoms with Crippen LogP contribution >= 0.6 is 0 Å². The van der Waals surface area contributed by atoms with Crippen LogP contribution in [-0.2, 0) is 14.3 Å². The Morgan fingerprint density at radius 3 is 2.30 bits per heavy atom. The maximum atomic E-state index is 11.9. The van der Waals surface area contributed by atoms with E-state index in [9.17, 15) is 14.9 Å². The molecule has 2 unspecified atom stereocenters. The van der Waals surface area contributed by atoms with Crippen LogP contribution < -0.4 is 4.74 Å². The molecular weight excluding hydrogens is 258 g/mol. The molecule has 1 aromatic carbocycles. The van der Waals surface area contributed by atoms with Gasteiger partial charge in [0.15, 0.2) is 0 Å². The Morgan fingerprint density at radius 1 is 1.30 bits per heavy atom. The minimum absolute atomic E-state index is 0.170. The first-order valence-electron chi connectivity index (χ1n) is 6.25. The average Bonchev–Trinajstić information content (AvgIpc) is 2.44. The number of carbonyl (C=O) groups is 2. The summed E-state index contributed by atoms with van der Waals surface area (Å²) in [7, 11) is 1.54. The lowest BCUT2D eigenvalue weighted by Gasteiger charge is -2.18. The fraction of sp³-hybridized carbons (Fsp3) is 0.400. The van der Waals surface area contributed by atoms with Crippen molar-refractivity contribution in [2.24, 2.45) is 5.92 Å². The van der Waals surface area contributed by atoms with Gasteiger partial charge in [0.1, 0.15) is 17.5 Å². The fourth-order valence-electron chi connectivity index (χ4n) is 1.92. The predicted octanol–water partition coefficient (Wildman–Crippen LogP) is 2.07. The lowest BCUT2D eigenvalue weighted by Crippen LogP contribution is -2.30. The second-order valence-electron chi connectivity index (χ2n) is 4.22. The number of carbonyl (C=O) groups excluding carboxylic acids is 2. The third-order valence-electron chi connectivity index (χ3n) is 2.93. The monoisotopic (exact) mass is 275 g/mol. The highest BCUT2D eigenvalue weighted by molar-refractivity contribution is 5.99. The van der Waals surface area contributed by atoms with Crippen LogP contribution in [0.3, 0.4) is 0 Å². The summed E-state index contributed by atoms with van der Waals surface area (Å²) in [6.45, 7) is 3.11. The van der Waals surface area contributed by atoms with E-state index in [1.807, 2.05) is 6.07 Å². The fourth-order valence-corrected chi connectivity index (χ4v) is 1.92. The van der Waals surface area contributed by atoms with Gasteiger partial charge < -0.3 is 9.47 Å². The molecule has 20 heavy (non-hydrogen) atoms. The van der Waals surface area contributed by atoms with Gasteiger partial charge in [0.05, 0.1) is 25.7 Å². The maximum Gasteiger partial charge on any atom is 0.318 e. The van der Waals surface area contributed by atoms with E-state index in [4.69, 9.17) is 9.47 Å². The zero-order valence-electron chi connectivity index (χ0n) is 11.8. The molecule has 2 atom stereocenters. The molecule has 0 saturated carbocycles. The van der Waals surface area contributed by atoms with Crippen LogP contribution in [-0.4, -0.2) is 25.5 Å². The van der Waals surface area contributed by atoms with Crippen LogP contribution in [0.1, 0.15) is 25.3 Å². The third kappa shape index (κ3) is 3.58. The number of ketones is 1. The van der Waals surface area contributed by atoms with Gasteiger partial charge in [0.25, 0.3) is 0 Å². The lowest BCUT2D eigenvalue weighted by atomic mass is 9.84. The number of benzene rings is 1. The molecular formula is C15H17NO4. The van der Waals surface area contributed by atoms with E-state index in [-0.39, 0.29) is 12.4 Å². The number of nitrogens with zero attached hydrogens (tertiary/aromatic N) is 1. The van der Waals surface area contributed by atoms with Crippen molar-refractivity contribution in [2.75, 3.05) is 13.7 Å². The van der Waals surface area contributed by atoms with Crippen LogP contribution in [0.15, 0.2) is 24.3 Å². The maximum absolute atomic E-state index is 11.9. The summed E-state index contributed by atoms with van der Waals surface area (Å²) in [5.74, 6) is -2.38. The molecule has 1 rings (SSSR count). The topological polar surface area (TPSA) is 76.4 Å². The number of nitriles is 1. The van der Waals surface area contributed by atoms with Gasteiger partial charge in [-0.2, -0.15) is 5.26 Å². The van der Waals surface area contributed by atoms with Gasteiger partial charge in [-0.15, -0.1) is 0 Å². The number of rotatable bonds is 6. The van der Waals surface area contributed by atoms with E-state index >= 15 is 0 Å². The lowest BCUT2D eigenvalue weighted by molar-refractivity contribution is -0.151. The molecule has 0 aliphatic carbocycles. The van der Waals surface area contributed by atoms with Crippen molar-refractivity contribution in [3.05, 3.63) is 29.8 Å². The Bertz CT molecular complexity index is 516. The number of methoxy groups -OCH3 is 1. The van der Waals surface area contributed by atoms with E-state index < -0.39 is 17.8 Å². The molecule has 0 spiro atoms. The second kappa shape index (κ2) is 7.29. The molecule has 0 amide bonds. The Labute approximate surface area is 118 Å². The Hall–Kier alpha value is -2.35. The van der Waals surface area contributed by atoms with Crippen molar-refractivity contribution in [1.82, 2.24) is 0 Å². The van der Waals surface area contributed by atoms with Gasteiger partial charge in [0.2, 0.25) is 0 Å². The molecule has 0 fully saturated rings. The molecule has 0 radical (unpaired) electrons. The first-order chi connectivity index (χ1) is 9.54. The van der Waals surface area contributed by atoms with Gasteiger partial charge in [0, 0.05) is 0 Å². The summed E-state index contributed by atoms with van der Waals surface area (Å²) >= 11 is 0. The molecule has 5 heteroatoms. The highest BCUT2D eigenvalue weighted by Crippen LogP contribution is 2.27. The minimum atomic E-state index is -1.10. The summed E-state index contributed by atoms with van der Waals surface area (Å²) in [4.78, 5) is 23.5. The normalized spacial score (nSPS) is 12.9. The average molecular weight is 275 g/mol. The van der Waals surface area contributed by atoms with Gasteiger partial charge in [-0.1, -0.05) is 12.1 Å². The zero-order chi connectivity index (χ0) is 15.1. The highest BCUT2D eigenvalue weighted by atomic mass is 16.5. The standard InChI is InChI=1S/C15H17NO4/c1-4-20-15(18)14(10(2)17)13(9-16)11-5-7-12(19-3)8-6-11/h5-8,13-14H,4H2,1-3H3. The van der Waals surface area contributed by atoms with Crippen molar-refractivity contribution in [3.8, 4) is 11.8 Å². The Morgan fingerprint density at radius 2 is 1.90 bits per heavy atom. The van der Waals surface area contributed by atoms with E-state index in [2.05, 4.69) is 0 Å². The van der Waals surface area contributed by atoms with E-state index in [1.54, 1.807) is 31.2 Å². The quantitative estimate of drug-likeness (QED) is 0.586. The van der Waals surface area contributed by atoms with Crippen LogP contribution in [0, 0.1) is 17.2 Å². The number of hydrogen-bond donors (Lipinski definition) is 0. The van der Waals surface area contributed by atoms with E-state index in [0.717, 1.165) is 0 Å². The SMILES string of the molecule is CCOC(=O)C(C(C)=O)C(C#N)c1ccc(OC)cc1. The molecule has 0 N–H and O–H groups in total. The molecule has 0 heterocycles. The molecule has 106 valence electrons. The Kier molecular flexibility index (Phi) is 5.73. The third-order valence-corrected chi connectivity index (χ3v) is 2.93. The van der Waals surface area contributed by atoms with Gasteiger partial charge in [-0.3, -0.25) is 9.59 Å². The summed E-state index contributed by atoms with van der Waals surface area (Å²) in [5, 5.41) is 9.30. The van der Waals surface area contributed by atoms with Crippen LogP contribution in [0.5, 0.6) is 5.75 Å². The zero-order valence-corrected chi connectivity index (χ0v) is 11.8. The number of Topliss-reactive ketones (excluding diaryl/α,β-unsaturated/α-hetero) is 1. The predicted molar refractivity (Wildman–Crippen MR) is 72.2 cm³/mol. The smallest absolute Gasteiger partial charge is 0.318 e. The largest absolute Gasteiger partial charge is 0.497 e. The highest BCUT2D eigenvalue weighted by Gasteiger charge is 2.34. The number of hydrogen-bond acceptors (Lipinski definition) is 5. The van der Waals surface area contributed by atoms with Crippen molar-refractivity contribution in [3.63, 3.8) is 0 Å². The summed E-state index contributed by atoms with van der Waals surface area (Å²) in [5.41, 5.74) is 0.585. The second-order valence-corrected chi connectivity index (χ2v) is 4.22. The molecule has 0 aliphatic rings. The van der Waals surface area contributed by atoms with Crippen LogP contribution in [0.25, 0.3) is 0 Å². The summed E-state index contributed by atoms with van der Waals surface area (Å²) in [6.07, 6.45) is 0.